The van der Waals surface area contributed by atoms with Gasteiger partial charge in [-0.25, -0.2) is 9.78 Å². The van der Waals surface area contributed by atoms with Crippen LogP contribution in [0.3, 0.4) is 0 Å². The molecule has 1 heterocycles. The molecule has 1 aromatic heterocycles. The monoisotopic (exact) mass is 265 g/mol. The number of pyridine rings is 1. The van der Waals surface area contributed by atoms with Crippen LogP contribution in [0.1, 0.15) is 26.5 Å². The van der Waals surface area contributed by atoms with Crippen LogP contribution in [0.25, 0.3) is 0 Å². The number of rotatable bonds is 3. The van der Waals surface area contributed by atoms with Crippen LogP contribution < -0.4 is 5.32 Å². The number of aryl methyl sites for hydroxylation is 1. The van der Waals surface area contributed by atoms with Crippen molar-refractivity contribution < 1.29 is 9.90 Å². The molecule has 2 N–H and O–H groups in total. The van der Waals surface area contributed by atoms with E-state index in [1.807, 2.05) is 39.8 Å². The molecule has 2 amide bonds. The first-order valence-corrected chi connectivity index (χ1v) is 6.34. The van der Waals surface area contributed by atoms with Crippen LogP contribution in [-0.2, 0) is 0 Å². The quantitative estimate of drug-likeness (QED) is 0.881. The molecule has 0 saturated heterocycles. The molecule has 0 fully saturated rings. The van der Waals surface area contributed by atoms with Crippen molar-refractivity contribution in [2.24, 2.45) is 5.41 Å². The third kappa shape index (κ3) is 4.21. The van der Waals surface area contributed by atoms with Gasteiger partial charge in [0.25, 0.3) is 0 Å². The molecule has 19 heavy (non-hydrogen) atoms. The fraction of sp³-hybridized carbons (Fsp3) is 0.571. The highest BCUT2D eigenvalue weighted by atomic mass is 16.3. The first-order valence-electron chi connectivity index (χ1n) is 6.34. The van der Waals surface area contributed by atoms with Crippen molar-refractivity contribution in [2.75, 3.05) is 19.0 Å². The molecule has 1 atom stereocenters. The number of aromatic nitrogens is 1. The first kappa shape index (κ1) is 15.4. The summed E-state index contributed by atoms with van der Waals surface area (Å²) in [5.74, 6) is 0.516. The predicted octanol–water partition coefficient (Wildman–Crippen LogP) is 2.26. The summed E-state index contributed by atoms with van der Waals surface area (Å²) in [6.07, 6.45) is 0. The van der Waals surface area contributed by atoms with Gasteiger partial charge in [-0.05, 0) is 24.5 Å². The van der Waals surface area contributed by atoms with E-state index in [0.29, 0.717) is 5.82 Å². The maximum atomic E-state index is 12.1. The molecule has 0 radical (unpaired) electrons. The molecule has 5 nitrogen and oxygen atoms in total. The topological polar surface area (TPSA) is 65.5 Å². The SMILES string of the molecule is Cc1cccc(NC(=O)N(C)[C@H](CO)C(C)(C)C)n1. The van der Waals surface area contributed by atoms with Gasteiger partial charge >= 0.3 is 6.03 Å². The van der Waals surface area contributed by atoms with Gasteiger partial charge in [-0.1, -0.05) is 26.8 Å². The summed E-state index contributed by atoms with van der Waals surface area (Å²) in [6, 6.07) is 4.92. The number of nitrogens with zero attached hydrogens (tertiary/aromatic N) is 2. The standard InChI is InChI=1S/C14H23N3O2/c1-10-7-6-8-12(15-10)16-13(19)17(5)11(9-18)14(2,3)4/h6-8,11,18H,9H2,1-5H3,(H,15,16,19)/t11-/m1/s1. The summed E-state index contributed by atoms with van der Waals surface area (Å²) in [5, 5.41) is 12.2. The third-order valence-electron chi connectivity index (χ3n) is 3.08. The zero-order chi connectivity index (χ0) is 14.6. The number of hydrogen-bond acceptors (Lipinski definition) is 3. The van der Waals surface area contributed by atoms with E-state index in [1.54, 1.807) is 13.1 Å². The lowest BCUT2D eigenvalue weighted by atomic mass is 9.86. The van der Waals surface area contributed by atoms with Crippen molar-refractivity contribution in [1.82, 2.24) is 9.88 Å². The van der Waals surface area contributed by atoms with Gasteiger partial charge in [0.05, 0.1) is 12.6 Å². The van der Waals surface area contributed by atoms with E-state index < -0.39 is 0 Å². The summed E-state index contributed by atoms with van der Waals surface area (Å²) in [4.78, 5) is 17.9. The molecule has 0 bridgehead atoms. The van der Waals surface area contributed by atoms with Crippen LogP contribution >= 0.6 is 0 Å². The largest absolute Gasteiger partial charge is 0.394 e. The number of anilines is 1. The average Bonchev–Trinajstić information content (AvgIpc) is 2.27. The number of amides is 2. The van der Waals surface area contributed by atoms with Crippen molar-refractivity contribution in [3.8, 4) is 0 Å². The van der Waals surface area contributed by atoms with Crippen LogP contribution in [-0.4, -0.2) is 40.7 Å². The van der Waals surface area contributed by atoms with Crippen LogP contribution in [0.15, 0.2) is 18.2 Å². The van der Waals surface area contributed by atoms with Crippen molar-refractivity contribution in [3.63, 3.8) is 0 Å². The number of aliphatic hydroxyl groups excluding tert-OH is 1. The lowest BCUT2D eigenvalue weighted by molar-refractivity contribution is 0.0885. The van der Waals surface area contributed by atoms with E-state index in [-0.39, 0.29) is 24.1 Å². The van der Waals surface area contributed by atoms with Crippen molar-refractivity contribution >= 4 is 11.8 Å². The van der Waals surface area contributed by atoms with E-state index in [9.17, 15) is 9.90 Å². The number of urea groups is 1. The number of carbonyl (C=O) groups excluding carboxylic acids is 1. The molecule has 5 heteroatoms. The Morgan fingerprint density at radius 3 is 2.58 bits per heavy atom. The first-order chi connectivity index (χ1) is 8.75. The van der Waals surface area contributed by atoms with E-state index >= 15 is 0 Å². The molecule has 1 aromatic rings. The molecular formula is C14H23N3O2. The summed E-state index contributed by atoms with van der Waals surface area (Å²) < 4.78 is 0. The number of hydrogen-bond donors (Lipinski definition) is 2. The average molecular weight is 265 g/mol. The van der Waals surface area contributed by atoms with Gasteiger partial charge in [-0.2, -0.15) is 0 Å². The zero-order valence-corrected chi connectivity index (χ0v) is 12.3. The summed E-state index contributed by atoms with van der Waals surface area (Å²) >= 11 is 0. The Balaban J connectivity index is 2.77. The second kappa shape index (κ2) is 6.02. The van der Waals surface area contributed by atoms with Crippen molar-refractivity contribution in [3.05, 3.63) is 23.9 Å². The van der Waals surface area contributed by atoms with Gasteiger partial charge < -0.3 is 10.0 Å². The second-order valence-corrected chi connectivity index (χ2v) is 5.77. The number of nitrogens with one attached hydrogen (secondary N) is 1. The maximum Gasteiger partial charge on any atom is 0.323 e. The van der Waals surface area contributed by atoms with Gasteiger partial charge in [-0.15, -0.1) is 0 Å². The van der Waals surface area contributed by atoms with Crippen LogP contribution in [0.4, 0.5) is 10.6 Å². The summed E-state index contributed by atoms with van der Waals surface area (Å²) in [7, 11) is 1.68. The van der Waals surface area contributed by atoms with Gasteiger partial charge in [0.2, 0.25) is 0 Å². The molecule has 106 valence electrons. The maximum absolute atomic E-state index is 12.1. The van der Waals surface area contributed by atoms with Gasteiger partial charge in [0.15, 0.2) is 0 Å². The molecule has 0 aliphatic heterocycles. The lowest BCUT2D eigenvalue weighted by Gasteiger charge is -2.36. The normalized spacial score (nSPS) is 12.9. The zero-order valence-electron chi connectivity index (χ0n) is 12.3. The van der Waals surface area contributed by atoms with Gasteiger partial charge in [-0.3, -0.25) is 5.32 Å². The Bertz CT molecular complexity index is 441. The third-order valence-corrected chi connectivity index (χ3v) is 3.08. The fourth-order valence-electron chi connectivity index (χ4n) is 1.93. The minimum absolute atomic E-state index is 0.0747. The summed E-state index contributed by atoms with van der Waals surface area (Å²) in [5.41, 5.74) is 0.649. The Morgan fingerprint density at radius 2 is 2.11 bits per heavy atom. The smallest absolute Gasteiger partial charge is 0.323 e. The van der Waals surface area contributed by atoms with E-state index in [4.69, 9.17) is 0 Å². The molecule has 1 rings (SSSR count). The van der Waals surface area contributed by atoms with E-state index in [2.05, 4.69) is 10.3 Å². The van der Waals surface area contributed by atoms with E-state index in [0.717, 1.165) is 5.69 Å². The lowest BCUT2D eigenvalue weighted by Crippen LogP contribution is -2.49. The number of carbonyl (C=O) groups is 1. The van der Waals surface area contributed by atoms with Crippen LogP contribution in [0, 0.1) is 12.3 Å². The van der Waals surface area contributed by atoms with E-state index in [1.165, 1.54) is 4.90 Å². The molecule has 0 unspecified atom stereocenters. The summed E-state index contributed by atoms with van der Waals surface area (Å²) in [6.45, 7) is 7.76. The number of likely N-dealkylation sites (N-methyl/N-ethyl adjacent to an activating group) is 1. The minimum Gasteiger partial charge on any atom is -0.394 e. The molecular weight excluding hydrogens is 242 g/mol. The fourth-order valence-corrected chi connectivity index (χ4v) is 1.93. The molecule has 0 aliphatic carbocycles. The highest BCUT2D eigenvalue weighted by Crippen LogP contribution is 2.23. The predicted molar refractivity (Wildman–Crippen MR) is 76.1 cm³/mol. The van der Waals surface area contributed by atoms with Gasteiger partial charge in [0, 0.05) is 12.7 Å². The Labute approximate surface area is 114 Å². The van der Waals surface area contributed by atoms with Crippen molar-refractivity contribution in [2.45, 2.75) is 33.7 Å². The number of aliphatic hydroxyl groups is 1. The van der Waals surface area contributed by atoms with Gasteiger partial charge in [0.1, 0.15) is 5.82 Å². The van der Waals surface area contributed by atoms with Crippen LogP contribution in [0.2, 0.25) is 0 Å². The molecule has 0 spiro atoms. The van der Waals surface area contributed by atoms with Crippen LogP contribution in [0.5, 0.6) is 0 Å². The Morgan fingerprint density at radius 1 is 1.47 bits per heavy atom. The molecule has 0 saturated carbocycles. The highest BCUT2D eigenvalue weighted by molar-refractivity contribution is 5.88. The highest BCUT2D eigenvalue weighted by Gasteiger charge is 2.30. The van der Waals surface area contributed by atoms with Crippen molar-refractivity contribution in [1.29, 1.82) is 0 Å². The second-order valence-electron chi connectivity index (χ2n) is 5.77. The molecule has 0 aliphatic rings. The Hall–Kier alpha value is -1.62. The minimum atomic E-state index is -0.271. The Kier molecular flexibility index (Phi) is 4.89. The molecule has 0 aromatic carbocycles.